The molecule has 0 bridgehead atoms. The first-order chi connectivity index (χ1) is 7.03. The van der Waals surface area contributed by atoms with E-state index in [1.807, 2.05) is 20.8 Å². The molecule has 0 aliphatic heterocycles. The van der Waals surface area contributed by atoms with Crippen molar-refractivity contribution in [2.75, 3.05) is 12.1 Å². The quantitative estimate of drug-likeness (QED) is 0.446. The number of aliphatic hydroxyl groups is 1. The van der Waals surface area contributed by atoms with Gasteiger partial charge in [0.25, 0.3) is 10.1 Å². The molecule has 0 rings (SSSR count). The molecule has 2 atom stereocenters. The summed E-state index contributed by atoms with van der Waals surface area (Å²) in [6, 6.07) is 0. The molecule has 98 valence electrons. The Morgan fingerprint density at radius 3 is 2.19 bits per heavy atom. The van der Waals surface area contributed by atoms with Crippen LogP contribution in [0, 0.1) is 0 Å². The van der Waals surface area contributed by atoms with Gasteiger partial charge in [-0.05, 0) is 20.8 Å². The predicted molar refractivity (Wildman–Crippen MR) is 61.9 cm³/mol. The summed E-state index contributed by atoms with van der Waals surface area (Å²) in [6.07, 6.45) is -1.01. The van der Waals surface area contributed by atoms with Gasteiger partial charge in [0.2, 0.25) is 0 Å². The third kappa shape index (κ3) is 9.35. The SMILES string of the molecule is CC(C)(C)OC(CCl)CC(O)OS(C)(=O)=O. The van der Waals surface area contributed by atoms with Crippen molar-refractivity contribution in [1.82, 2.24) is 0 Å². The van der Waals surface area contributed by atoms with Crippen molar-refractivity contribution in [2.45, 2.75) is 45.2 Å². The summed E-state index contributed by atoms with van der Waals surface area (Å²) in [7, 11) is -3.67. The summed E-state index contributed by atoms with van der Waals surface area (Å²) in [6.45, 7) is 5.53. The largest absolute Gasteiger partial charge is 0.371 e. The number of hydrogen-bond donors (Lipinski definition) is 1. The summed E-state index contributed by atoms with van der Waals surface area (Å²) in [5.41, 5.74) is -0.412. The molecule has 2 unspecified atom stereocenters. The highest BCUT2D eigenvalue weighted by molar-refractivity contribution is 7.86. The van der Waals surface area contributed by atoms with Crippen LogP contribution in [0.25, 0.3) is 0 Å². The van der Waals surface area contributed by atoms with E-state index in [1.54, 1.807) is 0 Å². The molecule has 0 heterocycles. The highest BCUT2D eigenvalue weighted by Crippen LogP contribution is 2.16. The smallest absolute Gasteiger partial charge is 0.266 e. The minimum atomic E-state index is -3.67. The van der Waals surface area contributed by atoms with Crippen LogP contribution in [0.1, 0.15) is 27.2 Å². The van der Waals surface area contributed by atoms with Crippen LogP contribution in [0.15, 0.2) is 0 Å². The van der Waals surface area contributed by atoms with Crippen molar-refractivity contribution in [3.63, 3.8) is 0 Å². The number of alkyl halides is 1. The first-order valence-electron chi connectivity index (χ1n) is 4.83. The summed E-state index contributed by atoms with van der Waals surface area (Å²) in [5, 5.41) is 9.34. The molecule has 7 heteroatoms. The molecule has 0 amide bonds. The number of aliphatic hydroxyl groups excluding tert-OH is 1. The topological polar surface area (TPSA) is 72.8 Å². The summed E-state index contributed by atoms with van der Waals surface area (Å²) in [4.78, 5) is 0. The van der Waals surface area contributed by atoms with Crippen LogP contribution in [0.3, 0.4) is 0 Å². The first kappa shape index (κ1) is 16.1. The molecule has 1 N–H and O–H groups in total. The lowest BCUT2D eigenvalue weighted by atomic mass is 10.1. The van der Waals surface area contributed by atoms with Gasteiger partial charge in [-0.2, -0.15) is 8.42 Å². The van der Waals surface area contributed by atoms with Gasteiger partial charge in [-0.1, -0.05) is 0 Å². The fourth-order valence-electron chi connectivity index (χ4n) is 1.11. The molecule has 0 aliphatic rings. The summed E-state index contributed by atoms with van der Waals surface area (Å²) < 4.78 is 31.4. The number of ether oxygens (including phenoxy) is 1. The van der Waals surface area contributed by atoms with E-state index in [9.17, 15) is 13.5 Å². The Labute approximate surface area is 102 Å². The van der Waals surface area contributed by atoms with Crippen molar-refractivity contribution in [3.05, 3.63) is 0 Å². The lowest BCUT2D eigenvalue weighted by Crippen LogP contribution is -2.32. The molecule has 0 saturated heterocycles. The van der Waals surface area contributed by atoms with E-state index in [4.69, 9.17) is 16.3 Å². The molecule has 0 aliphatic carbocycles. The fraction of sp³-hybridized carbons (Fsp3) is 1.00. The predicted octanol–water partition coefficient (Wildman–Crippen LogP) is 1.09. The van der Waals surface area contributed by atoms with Crippen LogP contribution in [-0.4, -0.2) is 43.7 Å². The molecule has 16 heavy (non-hydrogen) atoms. The zero-order chi connectivity index (χ0) is 13.0. The lowest BCUT2D eigenvalue weighted by molar-refractivity contribution is -0.0991. The first-order valence-corrected chi connectivity index (χ1v) is 7.19. The zero-order valence-electron chi connectivity index (χ0n) is 9.94. The molecule has 5 nitrogen and oxygen atoms in total. The molecule has 0 spiro atoms. The third-order valence-corrected chi connectivity index (χ3v) is 2.36. The second kappa shape index (κ2) is 6.16. The van der Waals surface area contributed by atoms with Crippen LogP contribution in [0.4, 0.5) is 0 Å². The average molecular weight is 275 g/mol. The maximum Gasteiger partial charge on any atom is 0.266 e. The van der Waals surface area contributed by atoms with E-state index in [0.717, 1.165) is 6.26 Å². The monoisotopic (exact) mass is 274 g/mol. The third-order valence-electron chi connectivity index (χ3n) is 1.44. The molecular weight excluding hydrogens is 256 g/mol. The lowest BCUT2D eigenvalue weighted by Gasteiger charge is -2.27. The Morgan fingerprint density at radius 1 is 1.38 bits per heavy atom. The van der Waals surface area contributed by atoms with Gasteiger partial charge in [-0.3, -0.25) is 0 Å². The Hall–Kier alpha value is 0.120. The average Bonchev–Trinajstić information content (AvgIpc) is 1.96. The van der Waals surface area contributed by atoms with Gasteiger partial charge in [-0.15, -0.1) is 11.6 Å². The van der Waals surface area contributed by atoms with Gasteiger partial charge in [0.15, 0.2) is 6.29 Å². The van der Waals surface area contributed by atoms with Gasteiger partial charge in [0.05, 0.1) is 18.0 Å². The Morgan fingerprint density at radius 2 is 1.88 bits per heavy atom. The molecule has 0 aromatic heterocycles. The van der Waals surface area contributed by atoms with Gasteiger partial charge >= 0.3 is 0 Å². The van der Waals surface area contributed by atoms with Crippen molar-refractivity contribution >= 4 is 21.7 Å². The number of halogens is 1. The fourth-order valence-corrected chi connectivity index (χ4v) is 1.78. The summed E-state index contributed by atoms with van der Waals surface area (Å²) >= 11 is 5.65. The Balaban J connectivity index is 4.23. The van der Waals surface area contributed by atoms with Crippen molar-refractivity contribution in [3.8, 4) is 0 Å². The van der Waals surface area contributed by atoms with E-state index in [0.29, 0.717) is 0 Å². The number of hydrogen-bond acceptors (Lipinski definition) is 5. The van der Waals surface area contributed by atoms with Crippen LogP contribution in [0.2, 0.25) is 0 Å². The standard InChI is InChI=1S/C9H19ClO5S/c1-9(2,3)14-7(6-10)5-8(11)15-16(4,12)13/h7-8,11H,5-6H2,1-4H3. The van der Waals surface area contributed by atoms with Crippen molar-refractivity contribution < 1.29 is 22.4 Å². The summed E-state index contributed by atoms with van der Waals surface area (Å²) in [5.74, 6) is 0.154. The molecule has 0 radical (unpaired) electrons. The van der Waals surface area contributed by atoms with Gasteiger partial charge in [0.1, 0.15) is 0 Å². The van der Waals surface area contributed by atoms with E-state index in [1.165, 1.54) is 0 Å². The molecule has 0 saturated carbocycles. The second-order valence-electron chi connectivity index (χ2n) is 4.50. The van der Waals surface area contributed by atoms with Crippen LogP contribution in [0.5, 0.6) is 0 Å². The maximum absolute atomic E-state index is 10.7. The Kier molecular flexibility index (Phi) is 6.21. The van der Waals surface area contributed by atoms with Crippen LogP contribution < -0.4 is 0 Å². The van der Waals surface area contributed by atoms with Crippen LogP contribution >= 0.6 is 11.6 Å². The van der Waals surface area contributed by atoms with E-state index in [2.05, 4.69) is 4.18 Å². The maximum atomic E-state index is 10.7. The van der Waals surface area contributed by atoms with E-state index >= 15 is 0 Å². The van der Waals surface area contributed by atoms with Crippen LogP contribution in [-0.2, 0) is 19.0 Å². The van der Waals surface area contributed by atoms with Crippen molar-refractivity contribution in [1.29, 1.82) is 0 Å². The highest BCUT2D eigenvalue weighted by Gasteiger charge is 2.23. The van der Waals surface area contributed by atoms with Crippen molar-refractivity contribution in [2.24, 2.45) is 0 Å². The van der Waals surface area contributed by atoms with E-state index < -0.39 is 28.1 Å². The zero-order valence-corrected chi connectivity index (χ0v) is 11.5. The molecule has 0 aromatic rings. The Bertz CT molecular complexity index is 296. The normalized spacial score (nSPS) is 17.1. The highest BCUT2D eigenvalue weighted by atomic mass is 35.5. The minimum Gasteiger partial charge on any atom is -0.371 e. The second-order valence-corrected chi connectivity index (χ2v) is 6.41. The van der Waals surface area contributed by atoms with Gasteiger partial charge in [-0.25, -0.2) is 4.18 Å². The van der Waals surface area contributed by atoms with Gasteiger partial charge in [0, 0.05) is 12.3 Å². The molecular formula is C9H19ClO5S. The minimum absolute atomic E-state index is 0.00778. The number of rotatable bonds is 6. The molecule has 0 aromatic carbocycles. The van der Waals surface area contributed by atoms with E-state index in [-0.39, 0.29) is 12.3 Å². The molecule has 0 fully saturated rings. The van der Waals surface area contributed by atoms with Gasteiger partial charge < -0.3 is 9.84 Å².